The SMILES string of the molecule is NCCC1(c2ccc(O)c(Cl)c2)CCC1. The lowest BCUT2D eigenvalue weighted by Crippen LogP contribution is -2.36. The second-order valence-electron chi connectivity index (χ2n) is 4.34. The van der Waals surface area contributed by atoms with Gasteiger partial charge >= 0.3 is 0 Å². The highest BCUT2D eigenvalue weighted by molar-refractivity contribution is 6.32. The van der Waals surface area contributed by atoms with Crippen molar-refractivity contribution in [3.05, 3.63) is 28.8 Å². The van der Waals surface area contributed by atoms with Gasteiger partial charge in [-0.1, -0.05) is 24.1 Å². The standard InChI is InChI=1S/C12H16ClNO/c13-10-8-9(2-3-11(10)15)12(6-7-14)4-1-5-12/h2-3,8,15H,1,4-7,14H2. The molecule has 0 atom stereocenters. The van der Waals surface area contributed by atoms with E-state index in [0.29, 0.717) is 11.6 Å². The predicted molar refractivity (Wildman–Crippen MR) is 62.3 cm³/mol. The third-order valence-corrected chi connectivity index (χ3v) is 3.80. The number of phenols is 1. The topological polar surface area (TPSA) is 46.2 Å². The Bertz CT molecular complexity index is 361. The third-order valence-electron chi connectivity index (χ3n) is 3.49. The normalized spacial score (nSPS) is 18.5. The summed E-state index contributed by atoms with van der Waals surface area (Å²) in [5, 5.41) is 9.81. The largest absolute Gasteiger partial charge is 0.506 e. The van der Waals surface area contributed by atoms with Crippen LogP contribution in [0.5, 0.6) is 5.75 Å². The fourth-order valence-electron chi connectivity index (χ4n) is 2.40. The first-order valence-electron chi connectivity index (χ1n) is 5.37. The van der Waals surface area contributed by atoms with Crippen LogP contribution in [0.25, 0.3) is 0 Å². The van der Waals surface area contributed by atoms with Crippen molar-refractivity contribution in [1.29, 1.82) is 0 Å². The molecule has 1 aromatic carbocycles. The predicted octanol–water partition coefficient (Wildman–Crippen LogP) is 2.82. The van der Waals surface area contributed by atoms with E-state index in [4.69, 9.17) is 17.3 Å². The number of aromatic hydroxyl groups is 1. The Balaban J connectivity index is 2.30. The van der Waals surface area contributed by atoms with Crippen LogP contribution in [0.2, 0.25) is 5.02 Å². The lowest BCUT2D eigenvalue weighted by Gasteiger charge is -2.42. The average molecular weight is 226 g/mol. The van der Waals surface area contributed by atoms with Crippen molar-refractivity contribution in [1.82, 2.24) is 0 Å². The molecule has 3 heteroatoms. The molecular formula is C12H16ClNO. The van der Waals surface area contributed by atoms with E-state index < -0.39 is 0 Å². The van der Waals surface area contributed by atoms with Crippen LogP contribution in [-0.4, -0.2) is 11.7 Å². The minimum atomic E-state index is 0.155. The van der Waals surface area contributed by atoms with Crippen molar-refractivity contribution in [2.75, 3.05) is 6.54 Å². The van der Waals surface area contributed by atoms with Crippen LogP contribution in [0, 0.1) is 0 Å². The highest BCUT2D eigenvalue weighted by Crippen LogP contribution is 2.47. The second-order valence-corrected chi connectivity index (χ2v) is 4.75. The molecule has 0 amide bonds. The summed E-state index contributed by atoms with van der Waals surface area (Å²) in [5.74, 6) is 0.155. The molecule has 1 aromatic rings. The van der Waals surface area contributed by atoms with Gasteiger partial charge in [0, 0.05) is 0 Å². The summed E-state index contributed by atoms with van der Waals surface area (Å²) in [6.45, 7) is 0.707. The Morgan fingerprint density at radius 2 is 2.13 bits per heavy atom. The average Bonchev–Trinajstić information content (AvgIpc) is 2.16. The van der Waals surface area contributed by atoms with Gasteiger partial charge in [-0.3, -0.25) is 0 Å². The Hall–Kier alpha value is -0.730. The van der Waals surface area contributed by atoms with E-state index in [-0.39, 0.29) is 11.2 Å². The second kappa shape index (κ2) is 4.03. The molecule has 0 saturated heterocycles. The lowest BCUT2D eigenvalue weighted by atomic mass is 9.62. The molecule has 1 aliphatic carbocycles. The molecule has 0 spiro atoms. The minimum absolute atomic E-state index is 0.155. The first-order chi connectivity index (χ1) is 7.18. The van der Waals surface area contributed by atoms with Crippen molar-refractivity contribution < 1.29 is 5.11 Å². The van der Waals surface area contributed by atoms with Gasteiger partial charge in [0.15, 0.2) is 0 Å². The lowest BCUT2D eigenvalue weighted by molar-refractivity contribution is 0.229. The number of hydrogen-bond acceptors (Lipinski definition) is 2. The summed E-state index contributed by atoms with van der Waals surface area (Å²) in [5.41, 5.74) is 7.10. The van der Waals surface area contributed by atoms with Gasteiger partial charge in [-0.05, 0) is 48.9 Å². The molecule has 0 unspecified atom stereocenters. The van der Waals surface area contributed by atoms with E-state index in [1.54, 1.807) is 6.07 Å². The van der Waals surface area contributed by atoms with Gasteiger partial charge < -0.3 is 10.8 Å². The molecule has 82 valence electrons. The quantitative estimate of drug-likeness (QED) is 0.831. The maximum atomic E-state index is 9.37. The Kier molecular flexibility index (Phi) is 2.89. The highest BCUT2D eigenvalue weighted by Gasteiger charge is 2.37. The van der Waals surface area contributed by atoms with Gasteiger partial charge in [-0.25, -0.2) is 0 Å². The van der Waals surface area contributed by atoms with Crippen LogP contribution in [-0.2, 0) is 5.41 Å². The number of phenolic OH excluding ortho intramolecular Hbond substituents is 1. The summed E-state index contributed by atoms with van der Waals surface area (Å²) < 4.78 is 0. The maximum Gasteiger partial charge on any atom is 0.134 e. The van der Waals surface area contributed by atoms with Crippen molar-refractivity contribution in [3.8, 4) is 5.75 Å². The maximum absolute atomic E-state index is 9.37. The fourth-order valence-corrected chi connectivity index (χ4v) is 2.58. The van der Waals surface area contributed by atoms with Crippen LogP contribution in [0.4, 0.5) is 0 Å². The Morgan fingerprint density at radius 3 is 2.60 bits per heavy atom. The third kappa shape index (κ3) is 1.84. The van der Waals surface area contributed by atoms with E-state index in [1.165, 1.54) is 24.8 Å². The highest BCUT2D eigenvalue weighted by atomic mass is 35.5. The van der Waals surface area contributed by atoms with E-state index in [2.05, 4.69) is 0 Å². The zero-order valence-corrected chi connectivity index (χ0v) is 9.43. The zero-order chi connectivity index (χ0) is 10.9. The van der Waals surface area contributed by atoms with Crippen LogP contribution in [0.15, 0.2) is 18.2 Å². The summed E-state index contributed by atoms with van der Waals surface area (Å²) in [6.07, 6.45) is 4.64. The first-order valence-corrected chi connectivity index (χ1v) is 5.75. The number of nitrogens with two attached hydrogens (primary N) is 1. The van der Waals surface area contributed by atoms with E-state index in [0.717, 1.165) is 6.42 Å². The summed E-state index contributed by atoms with van der Waals surface area (Å²) in [6, 6.07) is 5.52. The summed E-state index contributed by atoms with van der Waals surface area (Å²) >= 11 is 5.92. The molecular weight excluding hydrogens is 210 g/mol. The van der Waals surface area contributed by atoms with Crippen molar-refractivity contribution in [3.63, 3.8) is 0 Å². The number of rotatable bonds is 3. The Morgan fingerprint density at radius 1 is 1.40 bits per heavy atom. The van der Waals surface area contributed by atoms with Crippen LogP contribution in [0.1, 0.15) is 31.2 Å². The first kappa shape index (κ1) is 10.8. The van der Waals surface area contributed by atoms with Crippen molar-refractivity contribution in [2.24, 2.45) is 5.73 Å². The molecule has 1 saturated carbocycles. The molecule has 2 nitrogen and oxygen atoms in total. The molecule has 0 aromatic heterocycles. The van der Waals surface area contributed by atoms with Gasteiger partial charge in [-0.2, -0.15) is 0 Å². The molecule has 2 rings (SSSR count). The smallest absolute Gasteiger partial charge is 0.134 e. The van der Waals surface area contributed by atoms with Gasteiger partial charge in [0.2, 0.25) is 0 Å². The molecule has 0 aliphatic heterocycles. The van der Waals surface area contributed by atoms with E-state index in [1.807, 2.05) is 12.1 Å². The summed E-state index contributed by atoms with van der Waals surface area (Å²) in [7, 11) is 0. The minimum Gasteiger partial charge on any atom is -0.506 e. The molecule has 3 N–H and O–H groups in total. The van der Waals surface area contributed by atoms with Crippen LogP contribution >= 0.6 is 11.6 Å². The zero-order valence-electron chi connectivity index (χ0n) is 8.67. The van der Waals surface area contributed by atoms with E-state index in [9.17, 15) is 5.11 Å². The molecule has 1 fully saturated rings. The van der Waals surface area contributed by atoms with Crippen LogP contribution in [0.3, 0.4) is 0 Å². The van der Waals surface area contributed by atoms with Gasteiger partial charge in [0.1, 0.15) is 5.75 Å². The molecule has 0 bridgehead atoms. The number of benzene rings is 1. The van der Waals surface area contributed by atoms with Crippen molar-refractivity contribution in [2.45, 2.75) is 31.1 Å². The van der Waals surface area contributed by atoms with Gasteiger partial charge in [-0.15, -0.1) is 0 Å². The Labute approximate surface area is 95.1 Å². The molecule has 0 radical (unpaired) electrons. The monoisotopic (exact) mass is 225 g/mol. The van der Waals surface area contributed by atoms with Crippen LogP contribution < -0.4 is 5.73 Å². The summed E-state index contributed by atoms with van der Waals surface area (Å²) in [4.78, 5) is 0. The fraction of sp³-hybridized carbons (Fsp3) is 0.500. The number of halogens is 1. The molecule has 0 heterocycles. The van der Waals surface area contributed by atoms with Gasteiger partial charge in [0.05, 0.1) is 5.02 Å². The molecule has 15 heavy (non-hydrogen) atoms. The van der Waals surface area contributed by atoms with Crippen molar-refractivity contribution >= 4 is 11.6 Å². The van der Waals surface area contributed by atoms with Gasteiger partial charge in [0.25, 0.3) is 0 Å². The van der Waals surface area contributed by atoms with E-state index >= 15 is 0 Å². The molecule has 1 aliphatic rings. The number of hydrogen-bond donors (Lipinski definition) is 2.